The maximum Gasteiger partial charge on any atom is 0.227 e. The first kappa shape index (κ1) is 22.2. The summed E-state index contributed by atoms with van der Waals surface area (Å²) < 4.78 is 22.6. The van der Waals surface area contributed by atoms with Crippen LogP contribution in [0.15, 0.2) is 24.5 Å². The minimum atomic E-state index is -1.09. The fourth-order valence-electron chi connectivity index (χ4n) is 5.38. The molecule has 180 valence electrons. The second kappa shape index (κ2) is 8.71. The maximum absolute atomic E-state index is 15.4. The quantitative estimate of drug-likeness (QED) is 0.570. The Morgan fingerprint density at radius 1 is 1.21 bits per heavy atom. The molecule has 10 heteroatoms. The van der Waals surface area contributed by atoms with E-state index >= 15 is 4.39 Å². The summed E-state index contributed by atoms with van der Waals surface area (Å²) in [5.41, 5.74) is 3.59. The van der Waals surface area contributed by atoms with Crippen LogP contribution in [0.1, 0.15) is 42.4 Å². The zero-order valence-electron chi connectivity index (χ0n) is 19.0. The zero-order valence-corrected chi connectivity index (χ0v) is 19.7. The molecule has 2 aliphatic heterocycles. The summed E-state index contributed by atoms with van der Waals surface area (Å²) in [7, 11) is 1.95. The molecule has 0 radical (unpaired) electrons. The summed E-state index contributed by atoms with van der Waals surface area (Å²) in [6, 6.07) is 3.58. The van der Waals surface area contributed by atoms with Gasteiger partial charge in [-0.2, -0.15) is 5.10 Å². The number of aliphatic hydroxyl groups excluding tert-OH is 1. The molecule has 0 bridgehead atoms. The van der Waals surface area contributed by atoms with Crippen LogP contribution in [0.2, 0.25) is 5.02 Å². The van der Waals surface area contributed by atoms with Crippen LogP contribution in [-0.4, -0.2) is 74.4 Å². The van der Waals surface area contributed by atoms with Crippen LogP contribution in [0, 0.1) is 0 Å². The fraction of sp³-hybridized carbons (Fsp3) is 0.542. The molecule has 8 nitrogen and oxygen atoms in total. The molecule has 3 aliphatic rings. The van der Waals surface area contributed by atoms with Gasteiger partial charge in [0.1, 0.15) is 6.17 Å². The lowest BCUT2D eigenvalue weighted by Crippen LogP contribution is -2.50. The second-order valence-electron chi connectivity index (χ2n) is 9.67. The van der Waals surface area contributed by atoms with Crippen LogP contribution >= 0.6 is 11.6 Å². The molecule has 0 amide bonds. The third kappa shape index (κ3) is 4.04. The molecule has 2 N–H and O–H groups in total. The Kier molecular flexibility index (Phi) is 5.68. The summed E-state index contributed by atoms with van der Waals surface area (Å²) in [4.78, 5) is 11.2. The van der Waals surface area contributed by atoms with Gasteiger partial charge in [0, 0.05) is 42.0 Å². The van der Waals surface area contributed by atoms with Crippen molar-refractivity contribution in [3.05, 3.63) is 40.8 Å². The van der Waals surface area contributed by atoms with Gasteiger partial charge in [-0.1, -0.05) is 11.6 Å². The van der Waals surface area contributed by atoms with Crippen molar-refractivity contribution < 1.29 is 14.2 Å². The first-order chi connectivity index (χ1) is 16.5. The maximum atomic E-state index is 15.4. The number of hydrogen-bond acceptors (Lipinski definition) is 7. The number of anilines is 2. The van der Waals surface area contributed by atoms with Crippen LogP contribution in [-0.2, 0) is 11.8 Å². The van der Waals surface area contributed by atoms with E-state index in [2.05, 4.69) is 15.4 Å². The number of alkyl halides is 1. The Balaban J connectivity index is 1.24. The normalized spacial score (nSPS) is 28.0. The number of nitrogens with zero attached hydrogens (tertiary/aromatic N) is 5. The number of rotatable bonds is 5. The second-order valence-corrected chi connectivity index (χ2v) is 10.1. The van der Waals surface area contributed by atoms with E-state index in [4.69, 9.17) is 21.3 Å². The highest BCUT2D eigenvalue weighted by atomic mass is 35.5. The monoisotopic (exact) mass is 486 g/mol. The molecule has 0 spiro atoms. The van der Waals surface area contributed by atoms with Gasteiger partial charge in [-0.3, -0.25) is 9.58 Å². The Morgan fingerprint density at radius 2 is 2.06 bits per heavy atom. The first-order valence-corrected chi connectivity index (χ1v) is 12.2. The number of halogens is 2. The summed E-state index contributed by atoms with van der Waals surface area (Å²) in [5.74, 6) is 0.696. The minimum absolute atomic E-state index is 0.138. The van der Waals surface area contributed by atoms with E-state index < -0.39 is 12.3 Å². The Labute approximate surface area is 202 Å². The highest BCUT2D eigenvalue weighted by Gasteiger charge is 2.39. The molecule has 2 unspecified atom stereocenters. The number of nitrogens with one attached hydrogen (secondary N) is 1. The van der Waals surface area contributed by atoms with Crippen LogP contribution in [0.5, 0.6) is 0 Å². The van der Waals surface area contributed by atoms with Gasteiger partial charge in [0.25, 0.3) is 0 Å². The van der Waals surface area contributed by atoms with Crippen LogP contribution in [0.25, 0.3) is 10.9 Å². The standard InChI is InChI=1S/C24H28ClFN6O2/c1-31-23(13-2-3-13)20(9-28-31)30-24-27-8-14-6-17(25)16(7-19(14)29-24)15-4-5-32(10-18(15)26)21-11-34-12-22(21)33/h6-9,13,15,18,21-22,33H,2-5,10-12H2,1H3,(H,27,29,30)/t15?,18-,21?,22+/m0/s1. The van der Waals surface area contributed by atoms with Crippen molar-refractivity contribution >= 4 is 34.1 Å². The molecule has 6 rings (SSSR count). The number of aryl methyl sites for hydroxylation is 1. The molecule has 1 aliphatic carbocycles. The Morgan fingerprint density at radius 3 is 2.79 bits per heavy atom. The molecular weight excluding hydrogens is 459 g/mol. The summed E-state index contributed by atoms with van der Waals surface area (Å²) in [5, 5.41) is 19.2. The topological polar surface area (TPSA) is 88.3 Å². The van der Waals surface area contributed by atoms with Gasteiger partial charge in [0.05, 0.1) is 48.5 Å². The van der Waals surface area contributed by atoms with Gasteiger partial charge in [-0.05, 0) is 43.5 Å². The van der Waals surface area contributed by atoms with Gasteiger partial charge in [-0.15, -0.1) is 0 Å². The van der Waals surface area contributed by atoms with Crippen LogP contribution in [0.3, 0.4) is 0 Å². The zero-order chi connectivity index (χ0) is 23.4. The van der Waals surface area contributed by atoms with E-state index in [1.807, 2.05) is 35.0 Å². The number of hydrogen-bond donors (Lipinski definition) is 2. The Bertz CT molecular complexity index is 1220. The van der Waals surface area contributed by atoms with Crippen LogP contribution < -0.4 is 5.32 Å². The van der Waals surface area contributed by atoms with Crippen molar-refractivity contribution in [2.45, 2.75) is 49.4 Å². The molecule has 3 aromatic rings. The number of likely N-dealkylation sites (tertiary alicyclic amines) is 1. The SMILES string of the molecule is Cn1ncc(Nc2ncc3cc(Cl)c(C4CCN(C5COC[C@H]5O)C[C@@H]4F)cc3n2)c1C1CC1. The minimum Gasteiger partial charge on any atom is -0.389 e. The lowest BCUT2D eigenvalue weighted by molar-refractivity contribution is 0.0353. The van der Waals surface area contributed by atoms with Crippen molar-refractivity contribution in [2.75, 3.05) is 31.6 Å². The van der Waals surface area contributed by atoms with Crippen molar-refractivity contribution in [1.29, 1.82) is 0 Å². The van der Waals surface area contributed by atoms with Gasteiger partial charge < -0.3 is 15.2 Å². The van der Waals surface area contributed by atoms with Crippen molar-refractivity contribution in [3.8, 4) is 0 Å². The molecular formula is C24H28ClFN6O2. The van der Waals surface area contributed by atoms with E-state index in [0.29, 0.717) is 43.1 Å². The molecule has 2 aromatic heterocycles. The summed E-state index contributed by atoms with van der Waals surface area (Å²) >= 11 is 6.60. The molecule has 2 saturated heterocycles. The molecule has 1 saturated carbocycles. The number of benzene rings is 1. The average molecular weight is 487 g/mol. The smallest absolute Gasteiger partial charge is 0.227 e. The fourth-order valence-corrected chi connectivity index (χ4v) is 5.69. The molecule has 4 atom stereocenters. The highest BCUT2D eigenvalue weighted by molar-refractivity contribution is 6.32. The number of piperidine rings is 1. The van der Waals surface area contributed by atoms with Gasteiger partial charge in [0.2, 0.25) is 5.95 Å². The molecule has 4 heterocycles. The largest absolute Gasteiger partial charge is 0.389 e. The number of aromatic nitrogens is 4. The van der Waals surface area contributed by atoms with Crippen molar-refractivity contribution in [2.24, 2.45) is 7.05 Å². The lowest BCUT2D eigenvalue weighted by atomic mass is 9.86. The predicted molar refractivity (Wildman–Crippen MR) is 127 cm³/mol. The van der Waals surface area contributed by atoms with Crippen LogP contribution in [0.4, 0.5) is 16.0 Å². The van der Waals surface area contributed by atoms with Gasteiger partial charge in [0.15, 0.2) is 0 Å². The highest BCUT2D eigenvalue weighted by Crippen LogP contribution is 2.43. The number of aliphatic hydroxyl groups is 1. The average Bonchev–Trinajstić information content (AvgIpc) is 3.45. The number of ether oxygens (including phenoxy) is 1. The van der Waals surface area contributed by atoms with Crippen molar-refractivity contribution in [1.82, 2.24) is 24.6 Å². The van der Waals surface area contributed by atoms with Gasteiger partial charge >= 0.3 is 0 Å². The van der Waals surface area contributed by atoms with E-state index in [1.165, 1.54) is 18.5 Å². The molecule has 3 fully saturated rings. The van der Waals surface area contributed by atoms with E-state index in [0.717, 1.165) is 22.2 Å². The lowest BCUT2D eigenvalue weighted by Gasteiger charge is -2.39. The van der Waals surface area contributed by atoms with E-state index in [-0.39, 0.29) is 18.5 Å². The van der Waals surface area contributed by atoms with Crippen molar-refractivity contribution in [3.63, 3.8) is 0 Å². The summed E-state index contributed by atoms with van der Waals surface area (Å²) in [6.07, 6.45) is 4.86. The Hall–Kier alpha value is -2.33. The molecule has 34 heavy (non-hydrogen) atoms. The van der Waals surface area contributed by atoms with Gasteiger partial charge in [-0.25, -0.2) is 14.4 Å². The first-order valence-electron chi connectivity index (χ1n) is 11.9. The van der Waals surface area contributed by atoms with E-state index in [9.17, 15) is 5.11 Å². The summed E-state index contributed by atoms with van der Waals surface area (Å²) in [6.45, 7) is 1.70. The third-order valence-electron chi connectivity index (χ3n) is 7.36. The third-order valence-corrected chi connectivity index (χ3v) is 7.68. The molecule has 1 aromatic carbocycles. The number of fused-ring (bicyclic) bond motifs is 1. The van der Waals surface area contributed by atoms with E-state index in [1.54, 1.807) is 6.20 Å². The predicted octanol–water partition coefficient (Wildman–Crippen LogP) is 3.52.